The Morgan fingerprint density at radius 3 is 2.76 bits per heavy atom. The van der Waals surface area contributed by atoms with Gasteiger partial charge >= 0.3 is 0 Å². The van der Waals surface area contributed by atoms with Crippen LogP contribution >= 0.6 is 0 Å². The van der Waals surface area contributed by atoms with Crippen LogP contribution in [0, 0.1) is 19.8 Å². The summed E-state index contributed by atoms with van der Waals surface area (Å²) in [5, 5.41) is 4.62. The SMILES string of the molecule is Cc1ncn(CC2CCN(c3ccc4nccn4n3)CC2)c(=O)c1C. The minimum Gasteiger partial charge on any atom is -0.355 e. The summed E-state index contributed by atoms with van der Waals surface area (Å²) in [4.78, 5) is 23.2. The molecule has 3 aromatic heterocycles. The van der Waals surface area contributed by atoms with Crippen molar-refractivity contribution in [3.63, 3.8) is 0 Å². The Balaban J connectivity index is 1.43. The number of nitrogens with zero attached hydrogens (tertiary/aromatic N) is 6. The van der Waals surface area contributed by atoms with E-state index in [2.05, 4.69) is 20.0 Å². The fourth-order valence-electron chi connectivity index (χ4n) is 3.40. The lowest BCUT2D eigenvalue weighted by Gasteiger charge is -2.32. The van der Waals surface area contributed by atoms with Gasteiger partial charge in [-0.1, -0.05) is 0 Å². The van der Waals surface area contributed by atoms with Gasteiger partial charge in [0.1, 0.15) is 5.82 Å². The van der Waals surface area contributed by atoms with Crippen LogP contribution in [0.4, 0.5) is 5.82 Å². The van der Waals surface area contributed by atoms with Gasteiger partial charge in [0.05, 0.1) is 6.33 Å². The van der Waals surface area contributed by atoms with Gasteiger partial charge in [-0.2, -0.15) is 0 Å². The van der Waals surface area contributed by atoms with E-state index in [9.17, 15) is 4.79 Å². The molecule has 0 unspecified atom stereocenters. The predicted octanol–water partition coefficient (Wildman–Crippen LogP) is 1.82. The molecule has 0 N–H and O–H groups in total. The zero-order valence-corrected chi connectivity index (χ0v) is 14.6. The number of hydrogen-bond donors (Lipinski definition) is 0. The van der Waals surface area contributed by atoms with Gasteiger partial charge in [0.15, 0.2) is 5.65 Å². The van der Waals surface area contributed by atoms with Crippen LogP contribution in [0.15, 0.2) is 35.6 Å². The number of imidazole rings is 1. The molecular weight excluding hydrogens is 316 g/mol. The van der Waals surface area contributed by atoms with Crippen molar-refractivity contribution in [3.05, 3.63) is 52.5 Å². The topological polar surface area (TPSA) is 68.3 Å². The van der Waals surface area contributed by atoms with E-state index in [1.807, 2.05) is 36.7 Å². The van der Waals surface area contributed by atoms with Crippen molar-refractivity contribution in [3.8, 4) is 0 Å². The highest BCUT2D eigenvalue weighted by Crippen LogP contribution is 2.23. The molecule has 7 heteroatoms. The molecule has 3 aromatic rings. The molecule has 130 valence electrons. The van der Waals surface area contributed by atoms with Crippen LogP contribution in [0.25, 0.3) is 5.65 Å². The second-order valence-electron chi connectivity index (χ2n) is 6.76. The highest BCUT2D eigenvalue weighted by atomic mass is 16.1. The van der Waals surface area contributed by atoms with Crippen molar-refractivity contribution in [2.24, 2.45) is 5.92 Å². The summed E-state index contributed by atoms with van der Waals surface area (Å²) in [6.45, 7) is 6.37. The van der Waals surface area contributed by atoms with Crippen LogP contribution in [0.2, 0.25) is 0 Å². The van der Waals surface area contributed by atoms with Crippen molar-refractivity contribution < 1.29 is 0 Å². The maximum atomic E-state index is 12.3. The van der Waals surface area contributed by atoms with E-state index in [1.165, 1.54) is 0 Å². The number of anilines is 1. The summed E-state index contributed by atoms with van der Waals surface area (Å²) < 4.78 is 3.57. The molecule has 25 heavy (non-hydrogen) atoms. The van der Waals surface area contributed by atoms with Gasteiger partial charge in [-0.05, 0) is 44.7 Å². The van der Waals surface area contributed by atoms with E-state index in [-0.39, 0.29) is 5.56 Å². The first-order chi connectivity index (χ1) is 12.1. The fourth-order valence-corrected chi connectivity index (χ4v) is 3.40. The zero-order chi connectivity index (χ0) is 17.4. The van der Waals surface area contributed by atoms with Crippen LogP contribution in [-0.4, -0.2) is 37.2 Å². The van der Waals surface area contributed by atoms with Gasteiger partial charge in [-0.15, -0.1) is 5.10 Å². The third-order valence-corrected chi connectivity index (χ3v) is 5.15. The molecule has 0 spiro atoms. The average Bonchev–Trinajstić information content (AvgIpc) is 3.10. The van der Waals surface area contributed by atoms with Crippen LogP contribution in [0.1, 0.15) is 24.1 Å². The molecule has 1 saturated heterocycles. The smallest absolute Gasteiger partial charge is 0.256 e. The Kier molecular flexibility index (Phi) is 3.99. The summed E-state index contributed by atoms with van der Waals surface area (Å²) in [5.74, 6) is 1.48. The molecule has 0 saturated carbocycles. The number of aromatic nitrogens is 5. The van der Waals surface area contributed by atoms with Crippen LogP contribution in [-0.2, 0) is 6.54 Å². The number of hydrogen-bond acceptors (Lipinski definition) is 5. The molecule has 1 aliphatic heterocycles. The summed E-state index contributed by atoms with van der Waals surface area (Å²) in [5.41, 5.74) is 2.51. The van der Waals surface area contributed by atoms with Crippen molar-refractivity contribution >= 4 is 11.5 Å². The molecule has 0 aliphatic carbocycles. The summed E-state index contributed by atoms with van der Waals surface area (Å²) in [6.07, 6.45) is 7.40. The first-order valence-corrected chi connectivity index (χ1v) is 8.70. The molecule has 1 aliphatic rings. The van der Waals surface area contributed by atoms with Crippen LogP contribution in [0.5, 0.6) is 0 Å². The molecule has 1 fully saturated rings. The molecule has 0 aromatic carbocycles. The van der Waals surface area contributed by atoms with E-state index < -0.39 is 0 Å². The second kappa shape index (κ2) is 6.31. The van der Waals surface area contributed by atoms with Gasteiger partial charge in [0.25, 0.3) is 5.56 Å². The molecule has 4 rings (SSSR count). The molecule has 4 heterocycles. The summed E-state index contributed by atoms with van der Waals surface area (Å²) in [6, 6.07) is 4.02. The fraction of sp³-hybridized carbons (Fsp3) is 0.444. The highest BCUT2D eigenvalue weighted by molar-refractivity contribution is 5.45. The van der Waals surface area contributed by atoms with Crippen molar-refractivity contribution in [1.82, 2.24) is 24.1 Å². The lowest BCUT2D eigenvalue weighted by Crippen LogP contribution is -2.37. The highest BCUT2D eigenvalue weighted by Gasteiger charge is 2.21. The summed E-state index contributed by atoms with van der Waals surface area (Å²) in [7, 11) is 0. The number of rotatable bonds is 3. The monoisotopic (exact) mass is 338 g/mol. The lowest BCUT2D eigenvalue weighted by atomic mass is 9.96. The Hall–Kier alpha value is -2.70. The Morgan fingerprint density at radius 2 is 1.96 bits per heavy atom. The number of fused-ring (bicyclic) bond motifs is 1. The first-order valence-electron chi connectivity index (χ1n) is 8.70. The van der Waals surface area contributed by atoms with Crippen LogP contribution in [0.3, 0.4) is 0 Å². The minimum absolute atomic E-state index is 0.0853. The van der Waals surface area contributed by atoms with Gasteiger partial charge in [0, 0.05) is 43.3 Å². The van der Waals surface area contributed by atoms with E-state index in [4.69, 9.17) is 0 Å². The van der Waals surface area contributed by atoms with Crippen LogP contribution < -0.4 is 10.5 Å². The van der Waals surface area contributed by atoms with Gasteiger partial charge in [0.2, 0.25) is 0 Å². The van der Waals surface area contributed by atoms with E-state index in [0.717, 1.165) is 55.2 Å². The maximum absolute atomic E-state index is 12.3. The Bertz CT molecular complexity index is 952. The van der Waals surface area contributed by atoms with E-state index in [0.29, 0.717) is 5.92 Å². The average molecular weight is 338 g/mol. The maximum Gasteiger partial charge on any atom is 0.256 e. The van der Waals surface area contributed by atoms with Crippen molar-refractivity contribution in [2.75, 3.05) is 18.0 Å². The quantitative estimate of drug-likeness (QED) is 0.729. The first kappa shape index (κ1) is 15.8. The summed E-state index contributed by atoms with van der Waals surface area (Å²) >= 11 is 0. The molecule has 0 amide bonds. The second-order valence-corrected chi connectivity index (χ2v) is 6.76. The Morgan fingerprint density at radius 1 is 1.16 bits per heavy atom. The van der Waals surface area contributed by atoms with Crippen molar-refractivity contribution in [1.29, 1.82) is 0 Å². The van der Waals surface area contributed by atoms with Gasteiger partial charge in [-0.25, -0.2) is 14.5 Å². The number of piperidine rings is 1. The number of aryl methyl sites for hydroxylation is 1. The molecular formula is C18H22N6O. The molecule has 7 nitrogen and oxygen atoms in total. The molecule has 0 radical (unpaired) electrons. The normalized spacial score (nSPS) is 15.8. The van der Waals surface area contributed by atoms with Gasteiger partial charge in [-0.3, -0.25) is 9.36 Å². The third kappa shape index (κ3) is 3.01. The standard InChI is InChI=1S/C18H22N6O/c1-13-14(2)20-12-23(18(13)25)11-15-5-8-22(9-6-15)17-4-3-16-19-7-10-24(16)21-17/h3-4,7,10,12,15H,5-6,8-9,11H2,1-2H3. The van der Waals surface area contributed by atoms with E-state index in [1.54, 1.807) is 17.1 Å². The Labute approximate surface area is 145 Å². The predicted molar refractivity (Wildman–Crippen MR) is 95.9 cm³/mol. The largest absolute Gasteiger partial charge is 0.355 e. The molecule has 0 atom stereocenters. The minimum atomic E-state index is 0.0853. The zero-order valence-electron chi connectivity index (χ0n) is 14.6. The van der Waals surface area contributed by atoms with Gasteiger partial charge < -0.3 is 4.90 Å². The van der Waals surface area contributed by atoms with Crippen molar-refractivity contribution in [2.45, 2.75) is 33.2 Å². The molecule has 0 bridgehead atoms. The lowest BCUT2D eigenvalue weighted by molar-refractivity contribution is 0.349. The third-order valence-electron chi connectivity index (χ3n) is 5.15. The van der Waals surface area contributed by atoms with E-state index >= 15 is 0 Å².